The molecule has 2 N–H and O–H groups in total. The van der Waals surface area contributed by atoms with Gasteiger partial charge in [0, 0.05) is 16.8 Å². The summed E-state index contributed by atoms with van der Waals surface area (Å²) < 4.78 is 55.2. The van der Waals surface area contributed by atoms with Gasteiger partial charge in [-0.2, -0.15) is 13.2 Å². The van der Waals surface area contributed by atoms with Crippen LogP contribution in [0.2, 0.25) is 0 Å². The normalized spacial score (nSPS) is 11.4. The second kappa shape index (κ2) is 9.77. The molecule has 0 spiro atoms. The molecule has 0 radical (unpaired) electrons. The summed E-state index contributed by atoms with van der Waals surface area (Å²) in [6.45, 7) is 3.59. The Labute approximate surface area is 204 Å². The average Bonchev–Trinajstić information content (AvgIpc) is 2.82. The minimum Gasteiger partial charge on any atom is -0.325 e. The number of hydrogen-bond donors (Lipinski definition) is 2. The molecule has 0 saturated heterocycles. The minimum absolute atomic E-state index is 0.168. The molecule has 184 valence electrons. The van der Waals surface area contributed by atoms with Crippen LogP contribution in [0, 0.1) is 19.7 Å². The first-order chi connectivity index (χ1) is 17.0. The van der Waals surface area contributed by atoms with Crippen LogP contribution in [0.4, 0.5) is 28.9 Å². The lowest BCUT2D eigenvalue weighted by Gasteiger charge is -2.17. The van der Waals surface area contributed by atoms with Gasteiger partial charge in [-0.3, -0.25) is 14.6 Å². The zero-order chi connectivity index (χ0) is 26.0. The zero-order valence-corrected chi connectivity index (χ0v) is 19.3. The molecule has 5 nitrogen and oxygen atoms in total. The van der Waals surface area contributed by atoms with Crippen molar-refractivity contribution in [3.8, 4) is 0 Å². The van der Waals surface area contributed by atoms with E-state index in [-0.39, 0.29) is 17.7 Å². The number of nitrogens with zero attached hydrogens (tertiary/aromatic N) is 1. The van der Waals surface area contributed by atoms with E-state index in [1.54, 1.807) is 6.92 Å². The molecular formula is C27H21F4N3O2. The van der Waals surface area contributed by atoms with E-state index in [1.807, 2.05) is 31.2 Å². The van der Waals surface area contributed by atoms with Crippen molar-refractivity contribution >= 4 is 34.1 Å². The van der Waals surface area contributed by atoms with Crippen LogP contribution in [0.5, 0.6) is 0 Å². The van der Waals surface area contributed by atoms with Gasteiger partial charge in [0.25, 0.3) is 5.91 Å². The van der Waals surface area contributed by atoms with E-state index in [0.717, 1.165) is 28.6 Å². The molecule has 1 aromatic heterocycles. The van der Waals surface area contributed by atoms with E-state index in [0.29, 0.717) is 17.3 Å². The number of rotatable bonds is 5. The summed E-state index contributed by atoms with van der Waals surface area (Å²) in [7, 11) is 0. The first-order valence-electron chi connectivity index (χ1n) is 11.0. The number of pyridine rings is 1. The Morgan fingerprint density at radius 3 is 2.33 bits per heavy atom. The highest BCUT2D eigenvalue weighted by Crippen LogP contribution is 2.37. The molecule has 2 amide bonds. The summed E-state index contributed by atoms with van der Waals surface area (Å²) >= 11 is 0. The third-order valence-corrected chi connectivity index (χ3v) is 5.80. The maximum atomic E-state index is 13.8. The number of anilines is 2. The molecule has 4 rings (SSSR count). The molecule has 0 atom stereocenters. The monoisotopic (exact) mass is 495 g/mol. The molecule has 9 heteroatoms. The van der Waals surface area contributed by atoms with Gasteiger partial charge in [0.2, 0.25) is 5.91 Å². The van der Waals surface area contributed by atoms with Crippen LogP contribution in [0.1, 0.15) is 32.7 Å². The summed E-state index contributed by atoms with van der Waals surface area (Å²) in [5, 5.41) is 5.45. The van der Waals surface area contributed by atoms with Crippen molar-refractivity contribution in [2.75, 3.05) is 10.6 Å². The number of carbonyl (C=O) groups is 2. The molecule has 36 heavy (non-hydrogen) atoms. The third kappa shape index (κ3) is 5.19. The molecule has 1 heterocycles. The minimum atomic E-state index is -4.82. The van der Waals surface area contributed by atoms with Gasteiger partial charge in [0.05, 0.1) is 28.8 Å². The number of aryl methyl sites for hydroxylation is 2. The fourth-order valence-electron chi connectivity index (χ4n) is 4.00. The number of nitrogens with one attached hydrogen (secondary N) is 2. The first kappa shape index (κ1) is 24.8. The van der Waals surface area contributed by atoms with Crippen LogP contribution in [0.25, 0.3) is 10.9 Å². The van der Waals surface area contributed by atoms with Crippen molar-refractivity contribution in [3.63, 3.8) is 0 Å². The second-order valence-electron chi connectivity index (χ2n) is 8.23. The van der Waals surface area contributed by atoms with Crippen LogP contribution in [-0.2, 0) is 17.4 Å². The van der Waals surface area contributed by atoms with Crippen molar-refractivity contribution in [1.29, 1.82) is 0 Å². The topological polar surface area (TPSA) is 71.1 Å². The number of alkyl halides is 3. The molecule has 0 fully saturated rings. The van der Waals surface area contributed by atoms with E-state index >= 15 is 0 Å². The Kier molecular flexibility index (Phi) is 6.74. The van der Waals surface area contributed by atoms with Crippen molar-refractivity contribution < 1.29 is 27.2 Å². The van der Waals surface area contributed by atoms with E-state index in [2.05, 4.69) is 15.6 Å². The predicted molar refractivity (Wildman–Crippen MR) is 129 cm³/mol. The molecule has 0 aliphatic heterocycles. The van der Waals surface area contributed by atoms with E-state index in [1.165, 1.54) is 24.3 Å². The number of benzene rings is 3. The predicted octanol–water partition coefficient (Wildman–Crippen LogP) is 6.44. The van der Waals surface area contributed by atoms with Crippen molar-refractivity contribution in [2.24, 2.45) is 0 Å². The summed E-state index contributed by atoms with van der Waals surface area (Å²) in [5.74, 6) is -2.34. The smallest absolute Gasteiger partial charge is 0.325 e. The van der Waals surface area contributed by atoms with Gasteiger partial charge in [-0.15, -0.1) is 0 Å². The SMILES string of the molecule is Cc1nc2ccccc2c(C)c1CC(=O)Nc1ccc(NC(=O)c2ccccc2F)cc1C(F)(F)F. The standard InChI is InChI=1S/C27H21F4N3O2/c1-15-18-7-4-6-10-23(18)32-16(2)20(15)14-25(35)34-24-12-11-17(13-21(24)27(29,30)31)33-26(36)19-8-3-5-9-22(19)28/h3-13H,14H2,1-2H3,(H,33,36)(H,34,35). The lowest BCUT2D eigenvalue weighted by Crippen LogP contribution is -2.20. The van der Waals surface area contributed by atoms with Crippen LogP contribution >= 0.6 is 0 Å². The molecule has 0 aliphatic rings. The first-order valence-corrected chi connectivity index (χ1v) is 11.0. The molecule has 0 saturated carbocycles. The van der Waals surface area contributed by atoms with Gasteiger partial charge >= 0.3 is 6.18 Å². The molecule has 0 unspecified atom stereocenters. The van der Waals surface area contributed by atoms with Crippen molar-refractivity contribution in [2.45, 2.75) is 26.4 Å². The second-order valence-corrected chi connectivity index (χ2v) is 8.23. The number of halogens is 4. The lowest BCUT2D eigenvalue weighted by atomic mass is 9.99. The highest BCUT2D eigenvalue weighted by molar-refractivity contribution is 6.04. The lowest BCUT2D eigenvalue weighted by molar-refractivity contribution is -0.136. The molecule has 0 aliphatic carbocycles. The molecule has 3 aromatic carbocycles. The fraction of sp³-hybridized carbons (Fsp3) is 0.148. The van der Waals surface area contributed by atoms with Gasteiger partial charge in [-0.1, -0.05) is 30.3 Å². The van der Waals surface area contributed by atoms with Gasteiger partial charge in [0.15, 0.2) is 0 Å². The Morgan fingerprint density at radius 1 is 0.917 bits per heavy atom. The summed E-state index contributed by atoms with van der Waals surface area (Å²) in [5.41, 5.74) is 0.738. The third-order valence-electron chi connectivity index (χ3n) is 5.80. The Hall–Kier alpha value is -4.27. The van der Waals surface area contributed by atoms with Gasteiger partial charge < -0.3 is 10.6 Å². The molecule has 0 bridgehead atoms. The highest BCUT2D eigenvalue weighted by Gasteiger charge is 2.34. The van der Waals surface area contributed by atoms with Crippen LogP contribution in [0.3, 0.4) is 0 Å². The molecular weight excluding hydrogens is 474 g/mol. The van der Waals surface area contributed by atoms with Crippen molar-refractivity contribution in [1.82, 2.24) is 4.98 Å². The number of carbonyl (C=O) groups excluding carboxylic acids is 2. The number of fused-ring (bicyclic) bond motifs is 1. The summed E-state index contributed by atoms with van der Waals surface area (Å²) in [6, 6.07) is 15.5. The Balaban J connectivity index is 1.58. The fourth-order valence-corrected chi connectivity index (χ4v) is 4.00. The maximum absolute atomic E-state index is 13.8. The van der Waals surface area contributed by atoms with Crippen LogP contribution < -0.4 is 10.6 Å². The van der Waals surface area contributed by atoms with E-state index < -0.39 is 35.1 Å². The number of aromatic nitrogens is 1. The summed E-state index contributed by atoms with van der Waals surface area (Å²) in [4.78, 5) is 29.6. The molecule has 4 aromatic rings. The Bertz CT molecular complexity index is 1480. The van der Waals surface area contributed by atoms with E-state index in [9.17, 15) is 27.2 Å². The van der Waals surface area contributed by atoms with Gasteiger partial charge in [-0.05, 0) is 61.4 Å². The highest BCUT2D eigenvalue weighted by atomic mass is 19.4. The van der Waals surface area contributed by atoms with Crippen molar-refractivity contribution in [3.05, 3.63) is 100 Å². The maximum Gasteiger partial charge on any atom is 0.418 e. The quantitative estimate of drug-likeness (QED) is 0.313. The zero-order valence-electron chi connectivity index (χ0n) is 19.3. The largest absolute Gasteiger partial charge is 0.418 e. The Morgan fingerprint density at radius 2 is 1.61 bits per heavy atom. The number of para-hydroxylation sites is 1. The van der Waals surface area contributed by atoms with Gasteiger partial charge in [0.1, 0.15) is 5.82 Å². The average molecular weight is 495 g/mol. The van der Waals surface area contributed by atoms with E-state index in [4.69, 9.17) is 0 Å². The van der Waals surface area contributed by atoms with Crippen LogP contribution in [-0.4, -0.2) is 16.8 Å². The number of amides is 2. The van der Waals surface area contributed by atoms with Gasteiger partial charge in [-0.25, -0.2) is 4.39 Å². The number of hydrogen-bond acceptors (Lipinski definition) is 3. The summed E-state index contributed by atoms with van der Waals surface area (Å²) in [6.07, 6.45) is -4.99. The van der Waals surface area contributed by atoms with Crippen LogP contribution in [0.15, 0.2) is 66.7 Å².